The Morgan fingerprint density at radius 3 is 2.48 bits per heavy atom. The summed E-state index contributed by atoms with van der Waals surface area (Å²) < 4.78 is 32.2. The zero-order valence-electron chi connectivity index (χ0n) is 18.9. The zero-order chi connectivity index (χ0) is 23.2. The van der Waals surface area contributed by atoms with Crippen LogP contribution in [0.3, 0.4) is 0 Å². The number of pyridine rings is 1. The monoisotopic (exact) mass is 460 g/mol. The van der Waals surface area contributed by atoms with Crippen LogP contribution in [0, 0.1) is 0 Å². The number of imide groups is 1. The molecule has 5 heterocycles. The molecule has 0 aromatic carbocycles. The summed E-state index contributed by atoms with van der Waals surface area (Å²) in [5, 5.41) is 10.8. The number of piperidine rings is 3. The van der Waals surface area contributed by atoms with Gasteiger partial charge in [0.25, 0.3) is 0 Å². The fourth-order valence-electron chi connectivity index (χ4n) is 5.47. The highest BCUT2D eigenvalue weighted by atomic mass is 19.2. The normalized spacial score (nSPS) is 25.3. The van der Waals surface area contributed by atoms with Crippen LogP contribution in [-0.2, 0) is 16.6 Å². The van der Waals surface area contributed by atoms with Crippen molar-refractivity contribution in [2.24, 2.45) is 7.05 Å². The fraction of sp³-hybridized carbons (Fsp3) is 0.652. The van der Waals surface area contributed by atoms with Gasteiger partial charge in [0.1, 0.15) is 17.2 Å². The van der Waals surface area contributed by atoms with Crippen LogP contribution in [0.2, 0.25) is 0 Å². The zero-order valence-corrected chi connectivity index (χ0v) is 18.9. The van der Waals surface area contributed by atoms with Crippen molar-refractivity contribution in [1.29, 1.82) is 0 Å². The molecule has 3 aliphatic heterocycles. The molecule has 5 rings (SSSR count). The minimum atomic E-state index is -1.49. The lowest BCUT2D eigenvalue weighted by Gasteiger charge is -2.41. The number of fused-ring (bicyclic) bond motifs is 1. The number of alkyl halides is 2. The molecule has 8 nitrogen and oxygen atoms in total. The van der Waals surface area contributed by atoms with Gasteiger partial charge in [0.05, 0.1) is 11.6 Å². The van der Waals surface area contributed by atoms with Gasteiger partial charge < -0.3 is 10.2 Å². The van der Waals surface area contributed by atoms with Crippen LogP contribution in [0.5, 0.6) is 0 Å². The van der Waals surface area contributed by atoms with Gasteiger partial charge in [-0.2, -0.15) is 5.10 Å². The molecule has 0 bridgehead atoms. The number of nitrogens with zero attached hydrogens (tertiary/aromatic N) is 4. The molecule has 0 aliphatic carbocycles. The van der Waals surface area contributed by atoms with Gasteiger partial charge in [0.15, 0.2) is 5.65 Å². The highest BCUT2D eigenvalue weighted by Crippen LogP contribution is 2.41. The molecule has 1 unspecified atom stereocenters. The number of anilines is 1. The van der Waals surface area contributed by atoms with E-state index in [0.29, 0.717) is 56.8 Å². The standard InChI is InChI=1S/C23H30F2N6O2/c1-30-20-15(19(29-30)16-3-5-18(32)28-21(16)33)2-4-17(27-20)31-12-8-23(25,9-13-31)14-22(24)6-10-26-11-7-22/h2,4,16,26H,3,5-14H2,1H3,(H,28,32,33). The Balaban J connectivity index is 1.31. The van der Waals surface area contributed by atoms with Crippen LogP contribution in [0.15, 0.2) is 12.1 Å². The van der Waals surface area contributed by atoms with Crippen molar-refractivity contribution in [2.75, 3.05) is 31.1 Å². The first kappa shape index (κ1) is 22.2. The van der Waals surface area contributed by atoms with E-state index in [-0.39, 0.29) is 37.5 Å². The number of carbonyl (C=O) groups excluding carboxylic acids is 2. The van der Waals surface area contributed by atoms with Crippen molar-refractivity contribution in [3.8, 4) is 0 Å². The molecule has 33 heavy (non-hydrogen) atoms. The minimum absolute atomic E-state index is 0.0287. The minimum Gasteiger partial charge on any atom is -0.356 e. The quantitative estimate of drug-likeness (QED) is 0.681. The smallest absolute Gasteiger partial charge is 0.235 e. The summed E-state index contributed by atoms with van der Waals surface area (Å²) in [6.45, 7) is 2.16. The second kappa shape index (κ2) is 8.30. The van der Waals surface area contributed by atoms with Crippen molar-refractivity contribution >= 4 is 28.7 Å². The first-order valence-corrected chi connectivity index (χ1v) is 11.8. The number of nitrogens with one attached hydrogen (secondary N) is 2. The number of carbonyl (C=O) groups is 2. The molecule has 2 N–H and O–H groups in total. The second-order valence-electron chi connectivity index (χ2n) is 9.77. The van der Waals surface area contributed by atoms with Crippen LogP contribution in [0.25, 0.3) is 11.0 Å². The molecule has 10 heteroatoms. The van der Waals surface area contributed by atoms with Gasteiger partial charge in [-0.05, 0) is 57.3 Å². The summed E-state index contributed by atoms with van der Waals surface area (Å²) >= 11 is 0. The first-order valence-electron chi connectivity index (χ1n) is 11.8. The highest BCUT2D eigenvalue weighted by molar-refractivity contribution is 6.02. The van der Waals surface area contributed by atoms with E-state index in [1.165, 1.54) is 0 Å². The third-order valence-corrected chi connectivity index (χ3v) is 7.39. The molecule has 0 spiro atoms. The van der Waals surface area contributed by atoms with Crippen molar-refractivity contribution < 1.29 is 18.4 Å². The van der Waals surface area contributed by atoms with Crippen LogP contribution < -0.4 is 15.5 Å². The number of aryl methyl sites for hydroxylation is 1. The van der Waals surface area contributed by atoms with Gasteiger partial charge >= 0.3 is 0 Å². The topological polar surface area (TPSA) is 92.2 Å². The molecule has 3 saturated heterocycles. The van der Waals surface area contributed by atoms with Gasteiger partial charge in [-0.1, -0.05) is 0 Å². The Morgan fingerprint density at radius 1 is 1.09 bits per heavy atom. The van der Waals surface area contributed by atoms with Crippen LogP contribution in [0.1, 0.15) is 56.6 Å². The average Bonchev–Trinajstić information content (AvgIpc) is 3.10. The van der Waals surface area contributed by atoms with Crippen LogP contribution in [0.4, 0.5) is 14.6 Å². The van der Waals surface area contributed by atoms with Gasteiger partial charge in [-0.3, -0.25) is 19.6 Å². The number of hydrogen-bond acceptors (Lipinski definition) is 6. The molecule has 178 valence electrons. The molecule has 3 fully saturated rings. The average molecular weight is 461 g/mol. The van der Waals surface area contributed by atoms with Gasteiger partial charge in [-0.15, -0.1) is 0 Å². The van der Waals surface area contributed by atoms with Crippen molar-refractivity contribution in [3.63, 3.8) is 0 Å². The summed E-state index contributed by atoms with van der Waals surface area (Å²) in [4.78, 5) is 30.6. The summed E-state index contributed by atoms with van der Waals surface area (Å²) in [6.07, 6.45) is 1.98. The van der Waals surface area contributed by atoms with E-state index in [9.17, 15) is 9.59 Å². The molecular weight excluding hydrogens is 430 g/mol. The Bertz CT molecular complexity index is 1070. The highest BCUT2D eigenvalue weighted by Gasteiger charge is 2.44. The van der Waals surface area contributed by atoms with Crippen LogP contribution in [-0.4, -0.2) is 64.1 Å². The Labute approximate surface area is 191 Å². The van der Waals surface area contributed by atoms with E-state index >= 15 is 8.78 Å². The molecule has 0 radical (unpaired) electrons. The lowest BCUT2D eigenvalue weighted by molar-refractivity contribution is -0.134. The second-order valence-corrected chi connectivity index (χ2v) is 9.77. The lowest BCUT2D eigenvalue weighted by Crippen LogP contribution is -2.48. The lowest BCUT2D eigenvalue weighted by atomic mass is 9.79. The van der Waals surface area contributed by atoms with E-state index in [2.05, 4.69) is 15.7 Å². The van der Waals surface area contributed by atoms with Gasteiger partial charge in [-0.25, -0.2) is 13.8 Å². The van der Waals surface area contributed by atoms with Crippen molar-refractivity contribution in [1.82, 2.24) is 25.4 Å². The van der Waals surface area contributed by atoms with Crippen molar-refractivity contribution in [3.05, 3.63) is 17.8 Å². The molecule has 2 aromatic heterocycles. The molecule has 3 aliphatic rings. The Kier molecular flexibility index (Phi) is 5.58. The maximum atomic E-state index is 15.5. The molecule has 1 atom stereocenters. The van der Waals surface area contributed by atoms with Gasteiger partial charge in [0, 0.05) is 38.4 Å². The number of amides is 2. The van der Waals surface area contributed by atoms with Crippen molar-refractivity contribution in [2.45, 2.75) is 62.2 Å². The number of rotatable bonds is 4. The third kappa shape index (κ3) is 4.32. The van der Waals surface area contributed by atoms with Gasteiger partial charge in [0.2, 0.25) is 11.8 Å². The van der Waals surface area contributed by atoms with E-state index in [4.69, 9.17) is 4.98 Å². The fourth-order valence-corrected chi connectivity index (χ4v) is 5.47. The number of halogens is 2. The summed E-state index contributed by atoms with van der Waals surface area (Å²) in [7, 11) is 1.77. The Hall–Kier alpha value is -2.62. The largest absolute Gasteiger partial charge is 0.356 e. The third-order valence-electron chi connectivity index (χ3n) is 7.39. The first-order chi connectivity index (χ1) is 15.8. The predicted molar refractivity (Wildman–Crippen MR) is 119 cm³/mol. The predicted octanol–water partition coefficient (Wildman–Crippen LogP) is 2.28. The number of aromatic nitrogens is 3. The van der Waals surface area contributed by atoms with Crippen LogP contribution >= 0.6 is 0 Å². The summed E-state index contributed by atoms with van der Waals surface area (Å²) in [5.74, 6) is -0.349. The Morgan fingerprint density at radius 2 is 1.79 bits per heavy atom. The van der Waals surface area contributed by atoms with E-state index in [0.717, 1.165) is 11.2 Å². The molecule has 2 amide bonds. The summed E-state index contributed by atoms with van der Waals surface area (Å²) in [6, 6.07) is 3.76. The molecular formula is C23H30F2N6O2. The summed E-state index contributed by atoms with van der Waals surface area (Å²) in [5.41, 5.74) is -1.64. The maximum Gasteiger partial charge on any atom is 0.235 e. The SMILES string of the molecule is Cn1nc(C2CCC(=O)NC2=O)c2ccc(N3CCC(F)(CC4(F)CCNCC4)CC3)nc21. The molecule has 2 aromatic rings. The van der Waals surface area contributed by atoms with E-state index < -0.39 is 17.3 Å². The van der Waals surface area contributed by atoms with E-state index in [1.807, 2.05) is 17.0 Å². The van der Waals surface area contributed by atoms with E-state index in [1.54, 1.807) is 11.7 Å². The maximum absolute atomic E-state index is 15.5. The number of hydrogen-bond donors (Lipinski definition) is 2. The molecule has 0 saturated carbocycles.